The minimum Gasteiger partial charge on any atom is -0.457 e. The van der Waals surface area contributed by atoms with Gasteiger partial charge in [-0.2, -0.15) is 0 Å². The fourth-order valence-corrected chi connectivity index (χ4v) is 3.98. The molecule has 4 aromatic carbocycles. The van der Waals surface area contributed by atoms with Crippen LogP contribution in [0.15, 0.2) is 84.9 Å². The summed E-state index contributed by atoms with van der Waals surface area (Å²) in [5, 5.41) is 0. The molecule has 5 heteroatoms. The van der Waals surface area contributed by atoms with Crippen molar-refractivity contribution in [3.8, 4) is 34.5 Å². The lowest BCUT2D eigenvalue weighted by atomic mass is 9.97. The predicted octanol–water partition coefficient (Wildman–Crippen LogP) is 10.4. The maximum Gasteiger partial charge on any atom is 0.134 e. The minimum atomic E-state index is -0.314. The molecule has 2 unspecified atom stereocenters. The highest BCUT2D eigenvalue weighted by Crippen LogP contribution is 2.39. The first-order valence-electron chi connectivity index (χ1n) is 12.7. The van der Waals surface area contributed by atoms with Crippen molar-refractivity contribution < 1.29 is 23.0 Å². The Balaban J connectivity index is 1.64. The van der Waals surface area contributed by atoms with Crippen LogP contribution in [-0.2, 0) is 0 Å². The molecule has 37 heavy (non-hydrogen) atoms. The lowest BCUT2D eigenvalue weighted by Crippen LogP contribution is -1.99. The van der Waals surface area contributed by atoms with E-state index >= 15 is 0 Å². The molecule has 0 amide bonds. The third-order valence-electron chi connectivity index (χ3n) is 6.58. The second-order valence-corrected chi connectivity index (χ2v) is 9.23. The molecule has 4 aromatic rings. The normalized spacial score (nSPS) is 12.6. The Morgan fingerprint density at radius 3 is 1.22 bits per heavy atom. The quantitative estimate of drug-likeness (QED) is 0.216. The zero-order valence-corrected chi connectivity index (χ0v) is 21.6. The van der Waals surface area contributed by atoms with E-state index in [4.69, 9.17) is 14.2 Å². The highest BCUT2D eigenvalue weighted by atomic mass is 19.1. The maximum absolute atomic E-state index is 13.4. The van der Waals surface area contributed by atoms with Gasteiger partial charge in [0.1, 0.15) is 46.1 Å². The molecule has 192 valence electrons. The molecular formula is C32H32F2O3. The summed E-state index contributed by atoms with van der Waals surface area (Å²) >= 11 is 0. The van der Waals surface area contributed by atoms with Crippen LogP contribution in [0.5, 0.6) is 34.5 Å². The third-order valence-corrected chi connectivity index (χ3v) is 6.58. The molecule has 0 heterocycles. The molecule has 0 fully saturated rings. The van der Waals surface area contributed by atoms with Gasteiger partial charge in [-0.3, -0.25) is 0 Å². The lowest BCUT2D eigenvalue weighted by Gasteiger charge is -2.19. The fourth-order valence-electron chi connectivity index (χ4n) is 3.98. The zero-order valence-electron chi connectivity index (χ0n) is 21.6. The molecule has 2 atom stereocenters. The molecule has 0 aromatic heterocycles. The third kappa shape index (κ3) is 6.67. The smallest absolute Gasteiger partial charge is 0.134 e. The van der Waals surface area contributed by atoms with Gasteiger partial charge in [-0.05, 0) is 96.5 Å². The number of ether oxygens (including phenoxy) is 3. The summed E-state index contributed by atoms with van der Waals surface area (Å²) in [6, 6.07) is 23.5. The Morgan fingerprint density at radius 1 is 0.514 bits per heavy atom. The van der Waals surface area contributed by atoms with E-state index in [1.165, 1.54) is 24.3 Å². The van der Waals surface area contributed by atoms with Crippen LogP contribution in [0.25, 0.3) is 0 Å². The highest BCUT2D eigenvalue weighted by Gasteiger charge is 2.16. The zero-order chi connectivity index (χ0) is 26.4. The minimum absolute atomic E-state index is 0.273. The van der Waals surface area contributed by atoms with Gasteiger partial charge in [-0.1, -0.05) is 39.8 Å². The lowest BCUT2D eigenvalue weighted by molar-refractivity contribution is 0.442. The molecule has 0 saturated carbocycles. The molecule has 0 bridgehead atoms. The van der Waals surface area contributed by atoms with Crippen molar-refractivity contribution in [3.05, 3.63) is 108 Å². The van der Waals surface area contributed by atoms with E-state index in [0.717, 1.165) is 24.0 Å². The van der Waals surface area contributed by atoms with Gasteiger partial charge >= 0.3 is 0 Å². The van der Waals surface area contributed by atoms with Crippen molar-refractivity contribution in [3.63, 3.8) is 0 Å². The van der Waals surface area contributed by atoms with Gasteiger partial charge in [0.05, 0.1) is 0 Å². The van der Waals surface area contributed by atoms with Crippen molar-refractivity contribution in [1.82, 2.24) is 0 Å². The molecule has 3 nitrogen and oxygen atoms in total. The molecule has 0 aliphatic rings. The summed E-state index contributed by atoms with van der Waals surface area (Å²) in [5.41, 5.74) is 2.10. The van der Waals surface area contributed by atoms with Crippen molar-refractivity contribution in [2.45, 2.75) is 52.4 Å². The van der Waals surface area contributed by atoms with Crippen molar-refractivity contribution in [2.24, 2.45) is 0 Å². The average molecular weight is 503 g/mol. The monoisotopic (exact) mass is 502 g/mol. The highest BCUT2D eigenvalue weighted by molar-refractivity contribution is 5.49. The molecule has 0 N–H and O–H groups in total. The standard InChI is InChI=1S/C32H32F2O3/c1-5-21(3)29-17-15-27(19-31(29)36-25-11-7-23(33)8-12-25)35-28-16-18-30(22(4)6-2)32(20-28)37-26-13-9-24(34)10-14-26/h7-22H,5-6H2,1-4H3. The first-order valence-corrected chi connectivity index (χ1v) is 12.7. The summed E-state index contributed by atoms with van der Waals surface area (Å²) in [4.78, 5) is 0. The van der Waals surface area contributed by atoms with Crippen LogP contribution in [0.1, 0.15) is 63.5 Å². The predicted molar refractivity (Wildman–Crippen MR) is 143 cm³/mol. The molecule has 0 spiro atoms. The SMILES string of the molecule is CCC(C)c1ccc(Oc2ccc(C(C)CC)c(Oc3ccc(F)cc3)c2)cc1Oc1ccc(F)cc1. The van der Waals surface area contributed by atoms with Crippen molar-refractivity contribution in [1.29, 1.82) is 0 Å². The van der Waals surface area contributed by atoms with Gasteiger partial charge in [-0.15, -0.1) is 0 Å². The second-order valence-electron chi connectivity index (χ2n) is 9.23. The van der Waals surface area contributed by atoms with Gasteiger partial charge in [0.2, 0.25) is 0 Å². The average Bonchev–Trinajstić information content (AvgIpc) is 2.91. The molecular weight excluding hydrogens is 470 g/mol. The summed E-state index contributed by atoms with van der Waals surface area (Å²) in [6.45, 7) is 8.52. The van der Waals surface area contributed by atoms with E-state index in [-0.39, 0.29) is 23.5 Å². The topological polar surface area (TPSA) is 27.7 Å². The number of hydrogen-bond donors (Lipinski definition) is 0. The van der Waals surface area contributed by atoms with Gasteiger partial charge < -0.3 is 14.2 Å². The van der Waals surface area contributed by atoms with Crippen LogP contribution in [-0.4, -0.2) is 0 Å². The first kappa shape index (κ1) is 26.2. The number of hydrogen-bond acceptors (Lipinski definition) is 3. The van der Waals surface area contributed by atoms with Gasteiger partial charge in [0.15, 0.2) is 0 Å². The summed E-state index contributed by atoms with van der Waals surface area (Å²) in [5.74, 6) is 3.56. The number of halogens is 2. The van der Waals surface area contributed by atoms with Crippen LogP contribution < -0.4 is 14.2 Å². The molecule has 0 aliphatic carbocycles. The van der Waals surface area contributed by atoms with Crippen LogP contribution in [0, 0.1) is 11.6 Å². The Labute approximate surface area is 217 Å². The van der Waals surface area contributed by atoms with E-state index in [2.05, 4.69) is 27.7 Å². The maximum atomic E-state index is 13.4. The van der Waals surface area contributed by atoms with Crippen molar-refractivity contribution >= 4 is 0 Å². The van der Waals surface area contributed by atoms with E-state index < -0.39 is 0 Å². The summed E-state index contributed by atoms with van der Waals surface area (Å²) in [6.07, 6.45) is 1.89. The second kappa shape index (κ2) is 11.9. The molecule has 0 aliphatic heterocycles. The molecule has 0 saturated heterocycles. The Hall–Kier alpha value is -3.86. The van der Waals surface area contributed by atoms with Gasteiger partial charge in [-0.25, -0.2) is 8.78 Å². The largest absolute Gasteiger partial charge is 0.457 e. The summed E-state index contributed by atoms with van der Waals surface area (Å²) in [7, 11) is 0. The van der Waals surface area contributed by atoms with E-state index in [9.17, 15) is 8.78 Å². The van der Waals surface area contributed by atoms with Crippen LogP contribution in [0.4, 0.5) is 8.78 Å². The first-order chi connectivity index (χ1) is 17.9. The molecule has 4 rings (SSSR count). The Morgan fingerprint density at radius 2 is 0.865 bits per heavy atom. The molecule has 0 radical (unpaired) electrons. The van der Waals surface area contributed by atoms with Crippen LogP contribution in [0.3, 0.4) is 0 Å². The van der Waals surface area contributed by atoms with E-state index in [1.54, 1.807) is 24.3 Å². The number of rotatable bonds is 10. The number of benzene rings is 4. The van der Waals surface area contributed by atoms with Crippen molar-refractivity contribution in [2.75, 3.05) is 0 Å². The summed E-state index contributed by atoms with van der Waals surface area (Å²) < 4.78 is 45.3. The van der Waals surface area contributed by atoms with E-state index in [1.807, 2.05) is 36.4 Å². The Kier molecular flexibility index (Phi) is 8.44. The fraction of sp³-hybridized carbons (Fsp3) is 0.250. The Bertz CT molecular complexity index is 1210. The van der Waals surface area contributed by atoms with E-state index in [0.29, 0.717) is 34.5 Å². The van der Waals surface area contributed by atoms with Gasteiger partial charge in [0, 0.05) is 12.1 Å². The van der Waals surface area contributed by atoms with Gasteiger partial charge in [0.25, 0.3) is 0 Å². The van der Waals surface area contributed by atoms with Crippen LogP contribution >= 0.6 is 0 Å². The van der Waals surface area contributed by atoms with Crippen LogP contribution in [0.2, 0.25) is 0 Å².